The number of carbonyl (C=O) groups excluding carboxylic acids is 8. The average Bonchev–Trinajstić information content (AvgIpc) is 3.19. The molecule has 0 atom stereocenters. The van der Waals surface area contributed by atoms with Crippen LogP contribution in [0.2, 0.25) is 0 Å². The summed E-state index contributed by atoms with van der Waals surface area (Å²) in [5.41, 5.74) is 0. The van der Waals surface area contributed by atoms with Crippen LogP contribution in [0, 0.1) is 0 Å². The van der Waals surface area contributed by atoms with Gasteiger partial charge in [-0.1, -0.05) is 0 Å². The van der Waals surface area contributed by atoms with Gasteiger partial charge >= 0.3 is 47.3 Å². The zero-order chi connectivity index (χ0) is 40.9. The van der Waals surface area contributed by atoms with Gasteiger partial charge in [-0.05, 0) is 0 Å². The number of hydrogen-bond acceptors (Lipinski definition) is 16. The molecule has 24 nitrogen and oxygen atoms in total. The number of amides is 8. The van der Waals surface area contributed by atoms with E-state index in [1.165, 1.54) is 0 Å². The van der Waals surface area contributed by atoms with E-state index < -0.39 is 47.3 Å². The maximum Gasteiger partial charge on any atom is 0.309 e. The molecule has 16 N–H and O–H groups in total. The molecule has 24 heteroatoms. The summed E-state index contributed by atoms with van der Waals surface area (Å²) in [5, 5.41) is 45.2. The van der Waals surface area contributed by atoms with Crippen molar-refractivity contribution >= 4 is 47.3 Å². The highest BCUT2D eigenvalue weighted by Gasteiger charge is 2.14. The zero-order valence-corrected chi connectivity index (χ0v) is 32.2. The molecule has 1 fully saturated rings. The van der Waals surface area contributed by atoms with Crippen molar-refractivity contribution in [2.75, 3.05) is 157 Å². The SMILES string of the molecule is O=C1NCCNCCNCCNC(=O)C(=O)NCCNCCNCCNC(=O)C(=O)NCCNCCNCCNC(=O)C(=O)NCCNCCNCCNC1=O. The Kier molecular flexibility index (Phi) is 30.8. The summed E-state index contributed by atoms with van der Waals surface area (Å²) in [4.78, 5) is 95.6. The lowest BCUT2D eigenvalue weighted by atomic mass is 10.4. The third-order valence-corrected chi connectivity index (χ3v) is 7.44. The van der Waals surface area contributed by atoms with Crippen LogP contribution in [0.15, 0.2) is 0 Å². The topological polar surface area (TPSA) is 329 Å². The molecule has 0 spiro atoms. The van der Waals surface area contributed by atoms with E-state index in [9.17, 15) is 38.4 Å². The lowest BCUT2D eigenvalue weighted by Gasteiger charge is -2.10. The summed E-state index contributed by atoms with van der Waals surface area (Å²) in [6.45, 7) is 10.3. The minimum atomic E-state index is -0.726. The summed E-state index contributed by atoms with van der Waals surface area (Å²) in [5.74, 6) is -5.81. The third kappa shape index (κ3) is 28.8. The van der Waals surface area contributed by atoms with Gasteiger partial charge in [-0.15, -0.1) is 0 Å². The maximum absolute atomic E-state index is 12.0. The van der Waals surface area contributed by atoms with E-state index in [2.05, 4.69) is 85.1 Å². The molecule has 0 aromatic rings. The highest BCUT2D eigenvalue weighted by Crippen LogP contribution is 1.75. The molecule has 1 heterocycles. The van der Waals surface area contributed by atoms with Gasteiger partial charge in [-0.3, -0.25) is 38.4 Å². The van der Waals surface area contributed by atoms with Crippen molar-refractivity contribution in [1.29, 1.82) is 0 Å². The molecule has 1 saturated heterocycles. The fraction of sp³-hybridized carbons (Fsp3) is 0.750. The molecule has 0 aliphatic carbocycles. The van der Waals surface area contributed by atoms with Crippen molar-refractivity contribution in [2.24, 2.45) is 0 Å². The lowest BCUT2D eigenvalue weighted by Crippen LogP contribution is -2.45. The van der Waals surface area contributed by atoms with E-state index in [1.54, 1.807) is 0 Å². The highest BCUT2D eigenvalue weighted by molar-refractivity contribution is 6.36. The molecule has 320 valence electrons. The van der Waals surface area contributed by atoms with Crippen LogP contribution in [0.25, 0.3) is 0 Å². The molecule has 0 unspecified atom stereocenters. The molecule has 0 aromatic carbocycles. The Labute approximate surface area is 327 Å². The summed E-state index contributed by atoms with van der Waals surface area (Å²) in [6, 6.07) is 0. The Morgan fingerprint density at radius 2 is 0.250 bits per heavy atom. The van der Waals surface area contributed by atoms with Crippen LogP contribution in [0.4, 0.5) is 0 Å². The smallest absolute Gasteiger partial charge is 0.309 e. The minimum Gasteiger partial charge on any atom is -0.347 e. The first-order valence-electron chi connectivity index (χ1n) is 19.1. The van der Waals surface area contributed by atoms with Crippen LogP contribution in [-0.4, -0.2) is 204 Å². The van der Waals surface area contributed by atoms with E-state index >= 15 is 0 Å². The lowest BCUT2D eigenvalue weighted by molar-refractivity contribution is -0.139. The van der Waals surface area contributed by atoms with Crippen molar-refractivity contribution in [3.63, 3.8) is 0 Å². The van der Waals surface area contributed by atoms with Crippen molar-refractivity contribution < 1.29 is 38.4 Å². The summed E-state index contributed by atoms with van der Waals surface area (Å²) < 4.78 is 0. The Balaban J connectivity index is 2.31. The maximum atomic E-state index is 12.0. The van der Waals surface area contributed by atoms with E-state index in [0.29, 0.717) is 105 Å². The van der Waals surface area contributed by atoms with Gasteiger partial charge in [0.25, 0.3) is 0 Å². The fourth-order valence-electron chi connectivity index (χ4n) is 4.46. The van der Waals surface area contributed by atoms with Gasteiger partial charge in [-0.25, -0.2) is 0 Å². The summed E-state index contributed by atoms with van der Waals surface area (Å²) >= 11 is 0. The quantitative estimate of drug-likeness (QED) is 0.101. The van der Waals surface area contributed by atoms with Crippen molar-refractivity contribution in [3.05, 3.63) is 0 Å². The molecule has 56 heavy (non-hydrogen) atoms. The predicted octanol–water partition coefficient (Wildman–Crippen LogP) is -10.4. The number of nitrogens with one attached hydrogen (secondary N) is 16. The van der Waals surface area contributed by atoms with Gasteiger partial charge in [0.05, 0.1) is 0 Å². The van der Waals surface area contributed by atoms with E-state index in [4.69, 9.17) is 0 Å². The minimum absolute atomic E-state index is 0.262. The van der Waals surface area contributed by atoms with Gasteiger partial charge < -0.3 is 85.1 Å². The van der Waals surface area contributed by atoms with E-state index in [-0.39, 0.29) is 52.4 Å². The van der Waals surface area contributed by atoms with Crippen molar-refractivity contribution in [3.8, 4) is 0 Å². The van der Waals surface area contributed by atoms with Crippen LogP contribution in [0.5, 0.6) is 0 Å². The van der Waals surface area contributed by atoms with Gasteiger partial charge in [0, 0.05) is 157 Å². The van der Waals surface area contributed by atoms with Crippen LogP contribution in [0.1, 0.15) is 0 Å². The highest BCUT2D eigenvalue weighted by atomic mass is 16.2. The molecule has 8 amide bonds. The summed E-state index contributed by atoms with van der Waals surface area (Å²) in [6.07, 6.45) is 0. The largest absolute Gasteiger partial charge is 0.347 e. The molecular formula is C32H64N16O8. The summed E-state index contributed by atoms with van der Waals surface area (Å²) in [7, 11) is 0. The molecular weight excluding hydrogens is 736 g/mol. The molecule has 0 radical (unpaired) electrons. The molecule has 0 aromatic heterocycles. The Bertz CT molecular complexity index is 918. The standard InChI is InChI=1S/C32H64N16O8/c49-25-26(50)43-19-11-35-3-4-37-13-21-45-29(53)30(54)47-23-15-39-7-8-40-16-24-48-32(56)31(55)46-22-14-38-6-5-36-12-20-44-28(52)27(51)42-18-10-34-2-1-33-9-17-41-25/h33-40H,1-24H2,(H,41,49)(H,42,51)(H,43,50)(H,44,52)(H,45,53)(H,46,55)(H,47,54)(H,48,56). The van der Waals surface area contributed by atoms with E-state index in [0.717, 1.165) is 0 Å². The van der Waals surface area contributed by atoms with Gasteiger partial charge in [0.2, 0.25) is 0 Å². The van der Waals surface area contributed by atoms with Crippen LogP contribution >= 0.6 is 0 Å². The second-order valence-electron chi connectivity index (χ2n) is 12.0. The average molecular weight is 801 g/mol. The number of carbonyl (C=O) groups is 8. The van der Waals surface area contributed by atoms with Crippen molar-refractivity contribution in [2.45, 2.75) is 0 Å². The van der Waals surface area contributed by atoms with Gasteiger partial charge in [0.15, 0.2) is 0 Å². The first-order chi connectivity index (χ1) is 27.2. The second-order valence-corrected chi connectivity index (χ2v) is 12.0. The first-order valence-corrected chi connectivity index (χ1v) is 19.1. The van der Waals surface area contributed by atoms with Crippen LogP contribution in [-0.2, 0) is 38.4 Å². The van der Waals surface area contributed by atoms with Crippen LogP contribution in [0.3, 0.4) is 0 Å². The molecule has 0 saturated carbocycles. The van der Waals surface area contributed by atoms with Gasteiger partial charge in [0.1, 0.15) is 0 Å². The third-order valence-electron chi connectivity index (χ3n) is 7.44. The molecule has 0 bridgehead atoms. The van der Waals surface area contributed by atoms with Crippen molar-refractivity contribution in [1.82, 2.24) is 85.1 Å². The molecule has 1 rings (SSSR count). The fourth-order valence-corrected chi connectivity index (χ4v) is 4.46. The van der Waals surface area contributed by atoms with Crippen LogP contribution < -0.4 is 85.1 Å². The normalized spacial score (nSPS) is 21.4. The van der Waals surface area contributed by atoms with Gasteiger partial charge in [-0.2, -0.15) is 0 Å². The van der Waals surface area contributed by atoms with E-state index in [1.807, 2.05) is 0 Å². The number of rotatable bonds is 0. The monoisotopic (exact) mass is 801 g/mol. The predicted molar refractivity (Wildman–Crippen MR) is 207 cm³/mol. The Morgan fingerprint density at radius 1 is 0.161 bits per heavy atom. The molecule has 1 aliphatic rings. The Hall–Kier alpha value is -4.56. The number of hydrogen-bond donors (Lipinski definition) is 16. The zero-order valence-electron chi connectivity index (χ0n) is 32.2. The Morgan fingerprint density at radius 3 is 0.357 bits per heavy atom. The second kappa shape index (κ2) is 34.9. The first kappa shape index (κ1) is 49.5. The molecule has 1 aliphatic heterocycles.